The summed E-state index contributed by atoms with van der Waals surface area (Å²) in [5.41, 5.74) is 5.91. The van der Waals surface area contributed by atoms with Gasteiger partial charge in [-0.2, -0.15) is 5.26 Å². The lowest BCUT2D eigenvalue weighted by molar-refractivity contribution is 0.224. The highest BCUT2D eigenvalue weighted by Crippen LogP contribution is 2.43. The van der Waals surface area contributed by atoms with Crippen LogP contribution in [0.15, 0.2) is 102 Å². The molecule has 0 spiro atoms. The maximum atomic E-state index is 13.3. The van der Waals surface area contributed by atoms with Gasteiger partial charge in [0.25, 0.3) is 0 Å². The van der Waals surface area contributed by atoms with E-state index in [0.29, 0.717) is 35.1 Å². The molecular weight excluding hydrogens is 548 g/mol. The van der Waals surface area contributed by atoms with Crippen molar-refractivity contribution in [1.82, 2.24) is 24.3 Å². The number of nitrogens with one attached hydrogen (secondary N) is 1. The van der Waals surface area contributed by atoms with Crippen molar-refractivity contribution in [3.63, 3.8) is 0 Å². The van der Waals surface area contributed by atoms with Crippen LogP contribution < -0.4 is 4.72 Å². The van der Waals surface area contributed by atoms with E-state index in [2.05, 4.69) is 14.9 Å². The van der Waals surface area contributed by atoms with Gasteiger partial charge in [0.1, 0.15) is 0 Å². The van der Waals surface area contributed by atoms with E-state index in [1.807, 2.05) is 72.8 Å². The van der Waals surface area contributed by atoms with E-state index in [1.54, 1.807) is 10.5 Å². The summed E-state index contributed by atoms with van der Waals surface area (Å²) in [7, 11) is -3.80. The van der Waals surface area contributed by atoms with Crippen LogP contribution in [0.1, 0.15) is 30.4 Å². The Hall–Kier alpha value is -5.11. The van der Waals surface area contributed by atoms with Crippen molar-refractivity contribution in [2.24, 2.45) is 0 Å². The number of aromatic nitrogens is 4. The first kappa shape index (κ1) is 25.8. The minimum absolute atomic E-state index is 0.130. The van der Waals surface area contributed by atoms with Gasteiger partial charge in [-0.3, -0.25) is 0 Å². The largest absolute Gasteiger partial charge is 0.479 e. The Kier molecular flexibility index (Phi) is 6.01. The highest BCUT2D eigenvalue weighted by molar-refractivity contribution is 7.89. The molecule has 10 heteroatoms. The number of sulfonamides is 1. The molecule has 0 bridgehead atoms. The predicted octanol–water partition coefficient (Wildman–Crippen LogP) is 5.55. The molecule has 0 saturated heterocycles. The van der Waals surface area contributed by atoms with Crippen LogP contribution in [0.5, 0.6) is 6.01 Å². The molecule has 7 rings (SSSR count). The van der Waals surface area contributed by atoms with Gasteiger partial charge in [-0.05, 0) is 72.9 Å². The molecule has 206 valence electrons. The standard InChI is InChI=1S/C32H24N6O3S/c33-20-21-7-13-25(14-8-21)42(40,41)37-32(17-4-18-32)24-11-9-23(10-12-24)30-26(22-5-2-1-3-6-22)19-28-27(34-30)15-16-29-35-36-31(39)38(28)29/h1-3,5-16,19,37H,4,17-18H2,(H,36,39). The zero-order valence-corrected chi connectivity index (χ0v) is 23.1. The van der Waals surface area contributed by atoms with Gasteiger partial charge >= 0.3 is 6.01 Å². The molecular formula is C32H24N6O3S. The van der Waals surface area contributed by atoms with E-state index in [9.17, 15) is 13.5 Å². The topological polar surface area (TPSA) is 133 Å². The molecule has 1 aliphatic carbocycles. The van der Waals surface area contributed by atoms with Gasteiger partial charge < -0.3 is 5.11 Å². The smallest absolute Gasteiger partial charge is 0.319 e. The third kappa shape index (κ3) is 4.27. The predicted molar refractivity (Wildman–Crippen MR) is 158 cm³/mol. The average Bonchev–Trinajstić information content (AvgIpc) is 3.40. The number of hydrogen-bond acceptors (Lipinski definition) is 7. The SMILES string of the molecule is N#Cc1ccc(S(=O)(=O)NC2(c3ccc(-c4nc5ccc6nnc(O)n6c5cc4-c4ccccc4)cc3)CCC2)cc1. The first-order valence-electron chi connectivity index (χ1n) is 13.5. The van der Waals surface area contributed by atoms with Crippen LogP contribution in [0.2, 0.25) is 0 Å². The van der Waals surface area contributed by atoms with Crippen molar-refractivity contribution >= 4 is 26.7 Å². The van der Waals surface area contributed by atoms with E-state index in [0.717, 1.165) is 34.4 Å². The van der Waals surface area contributed by atoms with Gasteiger partial charge in [0.2, 0.25) is 10.0 Å². The lowest BCUT2D eigenvalue weighted by Gasteiger charge is -2.42. The molecule has 0 amide bonds. The van der Waals surface area contributed by atoms with E-state index in [1.165, 1.54) is 24.3 Å². The van der Waals surface area contributed by atoms with Crippen LogP contribution in [0.3, 0.4) is 0 Å². The number of fused-ring (bicyclic) bond motifs is 3. The van der Waals surface area contributed by atoms with Crippen LogP contribution in [0, 0.1) is 11.3 Å². The third-order valence-electron chi connectivity index (χ3n) is 7.96. The highest BCUT2D eigenvalue weighted by atomic mass is 32.2. The van der Waals surface area contributed by atoms with Crippen molar-refractivity contribution in [3.8, 4) is 34.5 Å². The number of hydrogen-bond donors (Lipinski definition) is 2. The zero-order valence-electron chi connectivity index (χ0n) is 22.3. The molecule has 3 aromatic heterocycles. The minimum atomic E-state index is -3.80. The molecule has 9 nitrogen and oxygen atoms in total. The van der Waals surface area contributed by atoms with Gasteiger partial charge in [0.05, 0.1) is 38.8 Å². The minimum Gasteiger partial charge on any atom is -0.479 e. The zero-order chi connectivity index (χ0) is 28.9. The molecule has 1 aliphatic rings. The highest BCUT2D eigenvalue weighted by Gasteiger charge is 2.42. The normalized spacial score (nSPS) is 14.5. The Balaban J connectivity index is 1.29. The fraction of sp³-hybridized carbons (Fsp3) is 0.125. The maximum absolute atomic E-state index is 13.3. The van der Waals surface area contributed by atoms with Crippen molar-refractivity contribution < 1.29 is 13.5 Å². The van der Waals surface area contributed by atoms with Gasteiger partial charge in [-0.25, -0.2) is 22.5 Å². The van der Waals surface area contributed by atoms with Crippen molar-refractivity contribution in [1.29, 1.82) is 5.26 Å². The number of nitrogens with zero attached hydrogens (tertiary/aromatic N) is 5. The van der Waals surface area contributed by atoms with Gasteiger partial charge in [0, 0.05) is 11.1 Å². The molecule has 1 saturated carbocycles. The lowest BCUT2D eigenvalue weighted by atomic mass is 9.72. The van der Waals surface area contributed by atoms with Crippen LogP contribution in [-0.4, -0.2) is 33.1 Å². The Morgan fingerprint density at radius 3 is 2.29 bits per heavy atom. The van der Waals surface area contributed by atoms with Crippen LogP contribution >= 0.6 is 0 Å². The molecule has 0 unspecified atom stereocenters. The van der Waals surface area contributed by atoms with Crippen molar-refractivity contribution in [2.75, 3.05) is 0 Å². The van der Waals surface area contributed by atoms with E-state index in [-0.39, 0.29) is 10.9 Å². The number of rotatable bonds is 6. The van der Waals surface area contributed by atoms with Gasteiger partial charge in [-0.1, -0.05) is 59.7 Å². The first-order valence-corrected chi connectivity index (χ1v) is 14.9. The number of aromatic hydroxyl groups is 1. The van der Waals surface area contributed by atoms with Crippen LogP contribution in [-0.2, 0) is 15.6 Å². The Morgan fingerprint density at radius 2 is 1.62 bits per heavy atom. The van der Waals surface area contributed by atoms with Gasteiger partial charge in [-0.15, -0.1) is 5.10 Å². The molecule has 6 aromatic rings. The van der Waals surface area contributed by atoms with Crippen molar-refractivity contribution in [2.45, 2.75) is 29.7 Å². The molecule has 0 atom stereocenters. The summed E-state index contributed by atoms with van der Waals surface area (Å²) in [5, 5.41) is 27.3. The average molecular weight is 573 g/mol. The Labute approximate surface area is 241 Å². The summed E-state index contributed by atoms with van der Waals surface area (Å²) in [6, 6.07) is 31.1. The molecule has 3 heterocycles. The molecule has 0 aliphatic heterocycles. The number of pyridine rings is 2. The first-order chi connectivity index (χ1) is 20.4. The van der Waals surface area contributed by atoms with Gasteiger partial charge in [0.15, 0.2) is 5.65 Å². The summed E-state index contributed by atoms with van der Waals surface area (Å²) in [5.74, 6) is 0. The summed E-state index contributed by atoms with van der Waals surface area (Å²) >= 11 is 0. The second-order valence-electron chi connectivity index (χ2n) is 10.4. The molecule has 3 aromatic carbocycles. The summed E-state index contributed by atoms with van der Waals surface area (Å²) in [6.07, 6.45) is 2.28. The van der Waals surface area contributed by atoms with Crippen LogP contribution in [0.4, 0.5) is 0 Å². The van der Waals surface area contributed by atoms with Crippen LogP contribution in [0.25, 0.3) is 39.1 Å². The summed E-state index contributed by atoms with van der Waals surface area (Å²) in [4.78, 5) is 5.14. The maximum Gasteiger partial charge on any atom is 0.319 e. The fourth-order valence-corrected chi connectivity index (χ4v) is 7.06. The molecule has 0 radical (unpaired) electrons. The molecule has 2 N–H and O–H groups in total. The Bertz CT molecular complexity index is 2110. The summed E-state index contributed by atoms with van der Waals surface area (Å²) < 4.78 is 31.1. The second-order valence-corrected chi connectivity index (χ2v) is 12.1. The molecule has 42 heavy (non-hydrogen) atoms. The fourth-order valence-electron chi connectivity index (χ4n) is 5.61. The summed E-state index contributed by atoms with van der Waals surface area (Å²) in [6.45, 7) is 0. The van der Waals surface area contributed by atoms with Crippen molar-refractivity contribution in [3.05, 3.63) is 108 Å². The lowest BCUT2D eigenvalue weighted by Crippen LogP contribution is -2.50. The van der Waals surface area contributed by atoms with E-state index >= 15 is 0 Å². The van der Waals surface area contributed by atoms with E-state index in [4.69, 9.17) is 10.2 Å². The molecule has 1 fully saturated rings. The second kappa shape index (κ2) is 9.76. The number of benzene rings is 3. The number of nitriles is 1. The quantitative estimate of drug-likeness (QED) is 0.267. The Morgan fingerprint density at radius 1 is 0.881 bits per heavy atom. The monoisotopic (exact) mass is 572 g/mol. The van der Waals surface area contributed by atoms with E-state index < -0.39 is 15.6 Å². The third-order valence-corrected chi connectivity index (χ3v) is 9.51.